The van der Waals surface area contributed by atoms with Crippen molar-refractivity contribution in [3.63, 3.8) is 0 Å². The molecule has 1 fully saturated rings. The molecule has 1 aliphatic heterocycles. The van der Waals surface area contributed by atoms with Crippen molar-refractivity contribution in [1.29, 1.82) is 0 Å². The number of nitrogens with two attached hydrogens (primary N) is 1. The molecule has 1 saturated heterocycles. The lowest BCUT2D eigenvalue weighted by Gasteiger charge is -2.20. The summed E-state index contributed by atoms with van der Waals surface area (Å²) in [7, 11) is 2.15. The topological polar surface area (TPSA) is 38.5 Å². The molecule has 17 heavy (non-hydrogen) atoms. The molecule has 1 aromatic carbocycles. The van der Waals surface area contributed by atoms with E-state index < -0.39 is 0 Å². The van der Waals surface area contributed by atoms with Crippen LogP contribution in [0.5, 0.6) is 0 Å². The van der Waals surface area contributed by atoms with Gasteiger partial charge in [0.2, 0.25) is 0 Å². The fraction of sp³-hybridized carbons (Fsp3) is 0.571. The van der Waals surface area contributed by atoms with Crippen molar-refractivity contribution >= 4 is 0 Å². The maximum absolute atomic E-state index is 5.65. The maximum Gasteiger partial charge on any atom is 0.0702 e. The quantitative estimate of drug-likeness (QED) is 0.843. The molecule has 0 saturated carbocycles. The van der Waals surface area contributed by atoms with E-state index in [1.807, 2.05) is 0 Å². The van der Waals surface area contributed by atoms with Gasteiger partial charge in [0.1, 0.15) is 0 Å². The summed E-state index contributed by atoms with van der Waals surface area (Å²) < 4.78 is 5.64. The first-order valence-electron chi connectivity index (χ1n) is 6.36. The van der Waals surface area contributed by atoms with Crippen molar-refractivity contribution in [3.8, 4) is 0 Å². The average Bonchev–Trinajstić information content (AvgIpc) is 2.82. The number of hydrogen-bond donors (Lipinski definition) is 1. The molecule has 0 spiro atoms. The highest BCUT2D eigenvalue weighted by Gasteiger charge is 2.17. The molecule has 1 aromatic rings. The first-order chi connectivity index (χ1) is 8.28. The molecule has 2 N–H and O–H groups in total. The third kappa shape index (κ3) is 3.80. The predicted octanol–water partition coefficient (Wildman–Crippen LogP) is 1.76. The highest BCUT2D eigenvalue weighted by molar-refractivity contribution is 5.23. The first-order valence-corrected chi connectivity index (χ1v) is 6.36. The fourth-order valence-corrected chi connectivity index (χ4v) is 2.37. The Hall–Kier alpha value is -0.900. The van der Waals surface area contributed by atoms with Gasteiger partial charge in [0.25, 0.3) is 0 Å². The predicted molar refractivity (Wildman–Crippen MR) is 69.6 cm³/mol. The van der Waals surface area contributed by atoms with Crippen molar-refractivity contribution in [2.24, 2.45) is 5.73 Å². The maximum atomic E-state index is 5.65. The second kappa shape index (κ2) is 6.15. The van der Waals surface area contributed by atoms with Crippen LogP contribution in [-0.4, -0.2) is 31.2 Å². The Kier molecular flexibility index (Phi) is 4.54. The summed E-state index contributed by atoms with van der Waals surface area (Å²) in [6.07, 6.45) is 2.84. The van der Waals surface area contributed by atoms with Gasteiger partial charge in [-0.2, -0.15) is 0 Å². The number of rotatable bonds is 5. The van der Waals surface area contributed by atoms with Crippen LogP contribution in [0, 0.1) is 0 Å². The Morgan fingerprint density at radius 2 is 2.24 bits per heavy atom. The zero-order valence-corrected chi connectivity index (χ0v) is 10.6. The molecular weight excluding hydrogens is 212 g/mol. The molecule has 3 nitrogen and oxygen atoms in total. The van der Waals surface area contributed by atoms with E-state index in [1.165, 1.54) is 24.0 Å². The lowest BCUT2D eigenvalue weighted by molar-refractivity contribution is 0.0793. The molecule has 0 aromatic heterocycles. The Balaban J connectivity index is 1.85. The first kappa shape index (κ1) is 12.6. The molecule has 0 bridgehead atoms. The van der Waals surface area contributed by atoms with Crippen LogP contribution in [0.25, 0.3) is 0 Å². The van der Waals surface area contributed by atoms with Crippen molar-refractivity contribution in [1.82, 2.24) is 4.90 Å². The Morgan fingerprint density at radius 3 is 2.94 bits per heavy atom. The third-order valence-electron chi connectivity index (χ3n) is 3.22. The van der Waals surface area contributed by atoms with Crippen LogP contribution in [0.3, 0.4) is 0 Å². The van der Waals surface area contributed by atoms with Crippen LogP contribution in [0.15, 0.2) is 24.3 Å². The number of nitrogens with zero attached hydrogens (tertiary/aromatic N) is 1. The van der Waals surface area contributed by atoms with Gasteiger partial charge >= 0.3 is 0 Å². The van der Waals surface area contributed by atoms with Gasteiger partial charge in [-0.15, -0.1) is 0 Å². The molecule has 0 aliphatic carbocycles. The second-order valence-corrected chi connectivity index (χ2v) is 4.86. The minimum absolute atomic E-state index is 0.428. The fourth-order valence-electron chi connectivity index (χ4n) is 2.37. The monoisotopic (exact) mass is 234 g/mol. The highest BCUT2D eigenvalue weighted by atomic mass is 16.5. The van der Waals surface area contributed by atoms with Gasteiger partial charge in [0, 0.05) is 26.2 Å². The van der Waals surface area contributed by atoms with Gasteiger partial charge in [0.15, 0.2) is 0 Å². The summed E-state index contributed by atoms with van der Waals surface area (Å²) in [6.45, 7) is 3.53. The van der Waals surface area contributed by atoms with Gasteiger partial charge in [-0.25, -0.2) is 0 Å². The minimum Gasteiger partial charge on any atom is -0.377 e. The minimum atomic E-state index is 0.428. The number of benzene rings is 1. The third-order valence-corrected chi connectivity index (χ3v) is 3.22. The zero-order chi connectivity index (χ0) is 12.1. The van der Waals surface area contributed by atoms with E-state index in [-0.39, 0.29) is 0 Å². The molecule has 94 valence electrons. The van der Waals surface area contributed by atoms with E-state index in [0.717, 1.165) is 19.7 Å². The van der Waals surface area contributed by atoms with Crippen LogP contribution in [-0.2, 0) is 17.8 Å². The van der Waals surface area contributed by atoms with E-state index in [2.05, 4.69) is 36.2 Å². The van der Waals surface area contributed by atoms with Crippen LogP contribution in [0.4, 0.5) is 0 Å². The van der Waals surface area contributed by atoms with Gasteiger partial charge < -0.3 is 10.5 Å². The zero-order valence-electron chi connectivity index (χ0n) is 10.6. The molecule has 1 atom stereocenters. The van der Waals surface area contributed by atoms with Crippen molar-refractivity contribution < 1.29 is 4.74 Å². The van der Waals surface area contributed by atoms with Crippen LogP contribution in [0.2, 0.25) is 0 Å². The summed E-state index contributed by atoms with van der Waals surface area (Å²) in [5.41, 5.74) is 8.18. The van der Waals surface area contributed by atoms with E-state index in [0.29, 0.717) is 12.6 Å². The van der Waals surface area contributed by atoms with Crippen molar-refractivity contribution in [2.75, 3.05) is 20.2 Å². The van der Waals surface area contributed by atoms with Gasteiger partial charge in [-0.3, -0.25) is 4.90 Å². The molecule has 0 amide bonds. The number of ether oxygens (including phenoxy) is 1. The lowest BCUT2D eigenvalue weighted by Crippen LogP contribution is -2.28. The van der Waals surface area contributed by atoms with E-state index in [9.17, 15) is 0 Å². The SMILES string of the molecule is CN(Cc1cccc(CN)c1)CC1CCCO1. The summed E-state index contributed by atoms with van der Waals surface area (Å²) in [5, 5.41) is 0. The van der Waals surface area contributed by atoms with E-state index in [4.69, 9.17) is 10.5 Å². The molecule has 1 aliphatic rings. The Labute approximate surface area is 104 Å². The standard InChI is InChI=1S/C14H22N2O/c1-16(11-14-6-3-7-17-14)10-13-5-2-4-12(8-13)9-15/h2,4-5,8,14H,3,6-7,9-11,15H2,1H3. The molecule has 0 radical (unpaired) electrons. The summed E-state index contributed by atoms with van der Waals surface area (Å²) in [5.74, 6) is 0. The molecule has 1 unspecified atom stereocenters. The number of hydrogen-bond acceptors (Lipinski definition) is 3. The molecule has 3 heteroatoms. The van der Waals surface area contributed by atoms with Crippen LogP contribution >= 0.6 is 0 Å². The molecule has 2 rings (SSSR count). The highest BCUT2D eigenvalue weighted by Crippen LogP contribution is 2.14. The summed E-state index contributed by atoms with van der Waals surface area (Å²) in [4.78, 5) is 2.33. The van der Waals surface area contributed by atoms with Crippen molar-refractivity contribution in [2.45, 2.75) is 32.0 Å². The van der Waals surface area contributed by atoms with Crippen LogP contribution < -0.4 is 5.73 Å². The smallest absolute Gasteiger partial charge is 0.0702 e. The largest absolute Gasteiger partial charge is 0.377 e. The summed E-state index contributed by atoms with van der Waals surface area (Å²) >= 11 is 0. The normalized spacial score (nSPS) is 20.1. The Bertz CT molecular complexity index is 348. The summed E-state index contributed by atoms with van der Waals surface area (Å²) in [6, 6.07) is 8.50. The van der Waals surface area contributed by atoms with Gasteiger partial charge in [0.05, 0.1) is 6.10 Å². The van der Waals surface area contributed by atoms with Gasteiger partial charge in [-0.05, 0) is 31.0 Å². The molecular formula is C14H22N2O. The average molecular weight is 234 g/mol. The second-order valence-electron chi connectivity index (χ2n) is 4.86. The van der Waals surface area contributed by atoms with Crippen LogP contribution in [0.1, 0.15) is 24.0 Å². The van der Waals surface area contributed by atoms with E-state index >= 15 is 0 Å². The lowest BCUT2D eigenvalue weighted by atomic mass is 10.1. The van der Waals surface area contributed by atoms with Gasteiger partial charge in [-0.1, -0.05) is 24.3 Å². The Morgan fingerprint density at radius 1 is 1.41 bits per heavy atom. The van der Waals surface area contributed by atoms with Crippen molar-refractivity contribution in [3.05, 3.63) is 35.4 Å². The molecule has 1 heterocycles. The van der Waals surface area contributed by atoms with E-state index in [1.54, 1.807) is 0 Å². The number of likely N-dealkylation sites (N-methyl/N-ethyl adjacent to an activating group) is 1.